The van der Waals surface area contributed by atoms with Gasteiger partial charge >= 0.3 is 0 Å². The molecule has 0 saturated carbocycles. The van der Waals surface area contributed by atoms with Crippen molar-refractivity contribution in [3.05, 3.63) is 0 Å². The van der Waals surface area contributed by atoms with Crippen LogP contribution < -0.4 is 21.7 Å². The lowest BCUT2D eigenvalue weighted by Gasteiger charge is -2.18. The van der Waals surface area contributed by atoms with Gasteiger partial charge in [0.15, 0.2) is 0 Å². The van der Waals surface area contributed by atoms with Crippen LogP contribution in [0.3, 0.4) is 0 Å². The van der Waals surface area contributed by atoms with Crippen LogP contribution in [-0.2, 0) is 14.4 Å². The summed E-state index contributed by atoms with van der Waals surface area (Å²) in [5.41, 5.74) is 3.90. The van der Waals surface area contributed by atoms with Gasteiger partial charge in [-0.2, -0.15) is 0 Å². The van der Waals surface area contributed by atoms with Crippen molar-refractivity contribution < 1.29 is 20.1 Å². The maximum absolute atomic E-state index is 13.1. The maximum Gasteiger partial charge on any atom is 0.242 e. The van der Waals surface area contributed by atoms with E-state index in [4.69, 9.17) is 0 Å². The number of quaternary nitrogens is 1. The van der Waals surface area contributed by atoms with Gasteiger partial charge in [-0.15, -0.1) is 0 Å². The Hall–Kier alpha value is -1.63. The van der Waals surface area contributed by atoms with Gasteiger partial charge in [0.05, 0.1) is 6.54 Å². The number of rotatable bonds is 37. The lowest BCUT2D eigenvalue weighted by molar-refractivity contribution is -0.368. The molecule has 3 amide bonds. The SMILES string of the molecule is CCCCCCCCCCCCNC(=O)CCC(NC(=O)CCCCCCCCCC[NH3+])C(=O)NCCCCCCCCCCCC. The molecule has 1 unspecified atom stereocenters. The first-order valence-electron chi connectivity index (χ1n) is 20.7. The van der Waals surface area contributed by atoms with Crippen molar-refractivity contribution in [2.45, 2.75) is 219 Å². The summed E-state index contributed by atoms with van der Waals surface area (Å²) in [6.45, 7) is 6.85. The van der Waals surface area contributed by atoms with Crippen molar-refractivity contribution >= 4 is 17.7 Å². The Balaban J connectivity index is 4.35. The third kappa shape index (κ3) is 34.0. The fourth-order valence-electron chi connectivity index (χ4n) is 6.21. The summed E-state index contributed by atoms with van der Waals surface area (Å²) in [5, 5.41) is 9.03. The monoisotopic (exact) mass is 666 g/mol. The molecular weight excluding hydrogens is 584 g/mol. The number of unbranched alkanes of at least 4 members (excludes halogenated alkanes) is 25. The Bertz CT molecular complexity index is 703. The highest BCUT2D eigenvalue weighted by Crippen LogP contribution is 2.12. The fourth-order valence-corrected chi connectivity index (χ4v) is 6.21. The summed E-state index contributed by atoms with van der Waals surface area (Å²) in [6.07, 6.45) is 35.6. The fraction of sp³-hybridized carbons (Fsp3) is 0.925. The Morgan fingerprint density at radius 3 is 1.28 bits per heavy atom. The van der Waals surface area contributed by atoms with E-state index in [0.717, 1.165) is 51.5 Å². The van der Waals surface area contributed by atoms with E-state index in [2.05, 4.69) is 35.5 Å². The molecule has 1 atom stereocenters. The van der Waals surface area contributed by atoms with Gasteiger partial charge in [0.1, 0.15) is 6.04 Å². The summed E-state index contributed by atoms with van der Waals surface area (Å²) in [6, 6.07) is -0.651. The van der Waals surface area contributed by atoms with Crippen LogP contribution in [0.25, 0.3) is 0 Å². The molecule has 0 rings (SSSR count). The Morgan fingerprint density at radius 1 is 0.447 bits per heavy atom. The van der Waals surface area contributed by atoms with E-state index in [-0.39, 0.29) is 24.1 Å². The number of carbonyl (C=O) groups is 3. The minimum Gasteiger partial charge on any atom is -0.358 e. The molecule has 0 aromatic carbocycles. The second kappa shape index (κ2) is 37.2. The van der Waals surface area contributed by atoms with Gasteiger partial charge in [0.25, 0.3) is 0 Å². The zero-order valence-electron chi connectivity index (χ0n) is 31.6. The summed E-state index contributed by atoms with van der Waals surface area (Å²) in [4.78, 5) is 38.4. The maximum atomic E-state index is 13.1. The van der Waals surface area contributed by atoms with Crippen molar-refractivity contribution in [2.75, 3.05) is 19.6 Å². The number of amides is 3. The summed E-state index contributed by atoms with van der Waals surface area (Å²) in [5.74, 6) is -0.262. The van der Waals surface area contributed by atoms with E-state index in [1.54, 1.807) is 0 Å². The average molecular weight is 666 g/mol. The zero-order chi connectivity index (χ0) is 34.5. The Morgan fingerprint density at radius 2 is 0.830 bits per heavy atom. The molecule has 7 heteroatoms. The second-order valence-corrected chi connectivity index (χ2v) is 14.1. The molecular formula is C40H81N4O3+. The predicted molar refractivity (Wildman–Crippen MR) is 200 cm³/mol. The van der Waals surface area contributed by atoms with Gasteiger partial charge in [-0.3, -0.25) is 14.4 Å². The molecule has 0 aliphatic rings. The number of hydrogen-bond acceptors (Lipinski definition) is 3. The molecule has 0 aromatic rings. The van der Waals surface area contributed by atoms with Crippen LogP contribution in [0.5, 0.6) is 0 Å². The van der Waals surface area contributed by atoms with E-state index in [1.807, 2.05) is 0 Å². The van der Waals surface area contributed by atoms with Crippen molar-refractivity contribution in [3.63, 3.8) is 0 Å². The van der Waals surface area contributed by atoms with E-state index >= 15 is 0 Å². The van der Waals surface area contributed by atoms with Crippen LogP contribution in [-0.4, -0.2) is 43.4 Å². The molecule has 0 fully saturated rings. The largest absolute Gasteiger partial charge is 0.358 e. The van der Waals surface area contributed by atoms with E-state index in [9.17, 15) is 14.4 Å². The third-order valence-electron chi connectivity index (χ3n) is 9.40. The van der Waals surface area contributed by atoms with Crippen LogP contribution in [0.15, 0.2) is 0 Å². The summed E-state index contributed by atoms with van der Waals surface area (Å²) < 4.78 is 0. The lowest BCUT2D eigenvalue weighted by Crippen LogP contribution is -2.50. The van der Waals surface area contributed by atoms with Gasteiger partial charge in [0.2, 0.25) is 17.7 Å². The normalized spacial score (nSPS) is 11.8. The van der Waals surface area contributed by atoms with Crippen LogP contribution in [0.2, 0.25) is 0 Å². The molecule has 0 radical (unpaired) electrons. The molecule has 0 aromatic heterocycles. The Kier molecular flexibility index (Phi) is 35.9. The van der Waals surface area contributed by atoms with Gasteiger partial charge < -0.3 is 21.7 Å². The van der Waals surface area contributed by atoms with Crippen molar-refractivity contribution in [1.82, 2.24) is 16.0 Å². The number of hydrogen-bond donors (Lipinski definition) is 4. The van der Waals surface area contributed by atoms with Crippen LogP contribution in [0, 0.1) is 0 Å². The molecule has 0 aliphatic heterocycles. The molecule has 47 heavy (non-hydrogen) atoms. The van der Waals surface area contributed by atoms with Crippen molar-refractivity contribution in [3.8, 4) is 0 Å². The minimum atomic E-state index is -0.651. The molecule has 0 saturated heterocycles. The molecule has 0 bridgehead atoms. The first-order valence-corrected chi connectivity index (χ1v) is 20.7. The molecule has 7 nitrogen and oxygen atoms in total. The van der Waals surface area contributed by atoms with Crippen LogP contribution in [0.1, 0.15) is 213 Å². The summed E-state index contributed by atoms with van der Waals surface area (Å²) in [7, 11) is 0. The second-order valence-electron chi connectivity index (χ2n) is 14.1. The average Bonchev–Trinajstić information content (AvgIpc) is 3.07. The van der Waals surface area contributed by atoms with Crippen molar-refractivity contribution in [1.29, 1.82) is 0 Å². The highest BCUT2D eigenvalue weighted by atomic mass is 16.2. The quantitative estimate of drug-likeness (QED) is 0.0496. The Labute approximate surface area is 291 Å². The molecule has 0 aliphatic carbocycles. The first-order chi connectivity index (χ1) is 23.0. The van der Waals surface area contributed by atoms with Crippen LogP contribution >= 0.6 is 0 Å². The highest BCUT2D eigenvalue weighted by Gasteiger charge is 2.21. The molecule has 6 N–H and O–H groups in total. The van der Waals surface area contributed by atoms with Gasteiger partial charge in [-0.25, -0.2) is 0 Å². The van der Waals surface area contributed by atoms with Gasteiger partial charge in [-0.1, -0.05) is 162 Å². The molecule has 0 spiro atoms. The predicted octanol–water partition coefficient (Wildman–Crippen LogP) is 9.08. The first kappa shape index (κ1) is 45.4. The van der Waals surface area contributed by atoms with Crippen molar-refractivity contribution in [2.24, 2.45) is 0 Å². The molecule has 0 heterocycles. The van der Waals surface area contributed by atoms with E-state index in [0.29, 0.717) is 25.9 Å². The smallest absolute Gasteiger partial charge is 0.242 e. The van der Waals surface area contributed by atoms with E-state index < -0.39 is 6.04 Å². The van der Waals surface area contributed by atoms with Gasteiger partial charge in [-0.05, 0) is 38.5 Å². The summed E-state index contributed by atoms with van der Waals surface area (Å²) >= 11 is 0. The molecule has 278 valence electrons. The van der Waals surface area contributed by atoms with E-state index in [1.165, 1.54) is 135 Å². The standard InChI is InChI=1S/C40H80N4O3/c1-3-5-7-9-11-13-17-21-25-29-35-42-38(45)33-32-37(44-39(46)31-27-23-19-15-16-20-24-28-34-41)40(47)43-36-30-26-22-18-14-12-10-8-6-4-2/h37H,3-36,41H2,1-2H3,(H,42,45)(H,43,47)(H,44,46)/p+1. The van der Waals surface area contributed by atoms with Gasteiger partial charge in [0, 0.05) is 25.9 Å². The zero-order valence-corrected chi connectivity index (χ0v) is 31.6. The highest BCUT2D eigenvalue weighted by molar-refractivity contribution is 5.88. The number of carbonyl (C=O) groups excluding carboxylic acids is 3. The minimum absolute atomic E-state index is 0.0298. The number of nitrogens with one attached hydrogen (secondary N) is 3. The lowest BCUT2D eigenvalue weighted by atomic mass is 10.1. The third-order valence-corrected chi connectivity index (χ3v) is 9.40. The van der Waals surface area contributed by atoms with Crippen LogP contribution in [0.4, 0.5) is 0 Å². The topological polar surface area (TPSA) is 115 Å².